The highest BCUT2D eigenvalue weighted by Crippen LogP contribution is 2.34. The fourth-order valence-electron chi connectivity index (χ4n) is 2.24. The minimum absolute atomic E-state index is 0. The lowest BCUT2D eigenvalue weighted by atomic mass is 10.1. The van der Waals surface area contributed by atoms with E-state index in [4.69, 9.17) is 5.73 Å². The Hall–Kier alpha value is -0.830. The minimum atomic E-state index is -4.57. The summed E-state index contributed by atoms with van der Waals surface area (Å²) in [5.41, 5.74) is 4.32. The first-order valence-electron chi connectivity index (χ1n) is 6.58. The molecule has 1 aliphatic rings. The summed E-state index contributed by atoms with van der Waals surface area (Å²) >= 11 is 0. The smallest absolute Gasteiger partial charge is 0.329 e. The highest BCUT2D eigenvalue weighted by atomic mass is 35.5. The van der Waals surface area contributed by atoms with Gasteiger partial charge in [0.1, 0.15) is 0 Å². The molecule has 0 bridgehead atoms. The van der Waals surface area contributed by atoms with Gasteiger partial charge in [0.2, 0.25) is 10.0 Å². The van der Waals surface area contributed by atoms with Crippen LogP contribution in [0, 0.1) is 5.92 Å². The summed E-state index contributed by atoms with van der Waals surface area (Å²) in [5, 5.41) is 0. The van der Waals surface area contributed by atoms with E-state index in [1.165, 1.54) is 18.2 Å². The molecule has 9 heteroatoms. The summed E-state index contributed by atoms with van der Waals surface area (Å²) in [6, 6.07) is 4.29. The number of sulfonamides is 1. The third kappa shape index (κ3) is 5.12. The second kappa shape index (κ2) is 7.16. The highest BCUT2D eigenvalue weighted by molar-refractivity contribution is 7.88. The van der Waals surface area contributed by atoms with Crippen molar-refractivity contribution in [1.82, 2.24) is 4.72 Å². The summed E-state index contributed by atoms with van der Waals surface area (Å²) in [7, 11) is -3.86. The van der Waals surface area contributed by atoms with Crippen LogP contribution in [0.1, 0.15) is 24.0 Å². The van der Waals surface area contributed by atoms with Crippen molar-refractivity contribution >= 4 is 22.4 Å². The van der Waals surface area contributed by atoms with E-state index >= 15 is 0 Å². The lowest BCUT2D eigenvalue weighted by Crippen LogP contribution is -2.42. The monoisotopic (exact) mass is 358 g/mol. The van der Waals surface area contributed by atoms with Crippen molar-refractivity contribution < 1.29 is 21.6 Å². The molecule has 1 saturated carbocycles. The van der Waals surface area contributed by atoms with Crippen molar-refractivity contribution in [1.29, 1.82) is 0 Å². The molecule has 22 heavy (non-hydrogen) atoms. The van der Waals surface area contributed by atoms with Crippen LogP contribution < -0.4 is 10.5 Å². The third-order valence-corrected chi connectivity index (χ3v) is 4.80. The van der Waals surface area contributed by atoms with Crippen LogP contribution in [0.4, 0.5) is 13.2 Å². The predicted molar refractivity (Wildman–Crippen MR) is 80.0 cm³/mol. The van der Waals surface area contributed by atoms with E-state index in [1.54, 1.807) is 0 Å². The third-order valence-electron chi connectivity index (χ3n) is 3.44. The van der Waals surface area contributed by atoms with Gasteiger partial charge in [-0.25, -0.2) is 13.1 Å². The second-order valence-electron chi connectivity index (χ2n) is 5.21. The number of nitrogens with one attached hydrogen (secondary N) is 1. The SMILES string of the molecule is Cl.NCC(NS(=O)(=O)Cc1ccccc1C(F)(F)F)C1CC1. The molecule has 0 spiro atoms. The van der Waals surface area contributed by atoms with Crippen LogP contribution in [-0.4, -0.2) is 21.0 Å². The quantitative estimate of drug-likeness (QED) is 0.819. The van der Waals surface area contributed by atoms with Gasteiger partial charge in [0.15, 0.2) is 0 Å². The lowest BCUT2D eigenvalue weighted by Gasteiger charge is -2.18. The minimum Gasteiger partial charge on any atom is -0.329 e. The zero-order valence-corrected chi connectivity index (χ0v) is 13.3. The van der Waals surface area contributed by atoms with Gasteiger partial charge < -0.3 is 5.73 Å². The molecule has 3 N–H and O–H groups in total. The van der Waals surface area contributed by atoms with Crippen LogP contribution in [0.25, 0.3) is 0 Å². The van der Waals surface area contributed by atoms with Gasteiger partial charge in [0.05, 0.1) is 11.3 Å². The largest absolute Gasteiger partial charge is 0.416 e. The molecule has 0 radical (unpaired) electrons. The zero-order chi connectivity index (χ0) is 15.7. The van der Waals surface area contributed by atoms with Crippen molar-refractivity contribution in [2.24, 2.45) is 11.7 Å². The maximum Gasteiger partial charge on any atom is 0.416 e. The fourth-order valence-corrected chi connectivity index (χ4v) is 3.73. The Morgan fingerprint density at radius 3 is 2.36 bits per heavy atom. The molecule has 2 rings (SSSR count). The predicted octanol–water partition coefficient (Wildman–Crippen LogP) is 2.28. The van der Waals surface area contributed by atoms with E-state index in [-0.39, 0.29) is 30.4 Å². The van der Waals surface area contributed by atoms with E-state index in [1.807, 2.05) is 0 Å². The number of benzene rings is 1. The normalized spacial score (nSPS) is 16.9. The summed E-state index contributed by atoms with van der Waals surface area (Å²) in [6.45, 7) is 0.144. The second-order valence-corrected chi connectivity index (χ2v) is 6.97. The molecule has 4 nitrogen and oxygen atoms in total. The Labute approximate surface area is 133 Å². The first-order chi connectivity index (χ1) is 9.73. The molecule has 1 atom stereocenters. The zero-order valence-electron chi connectivity index (χ0n) is 11.6. The van der Waals surface area contributed by atoms with Gasteiger partial charge in [0.25, 0.3) is 0 Å². The van der Waals surface area contributed by atoms with Crippen LogP contribution in [0.5, 0.6) is 0 Å². The lowest BCUT2D eigenvalue weighted by molar-refractivity contribution is -0.138. The Bertz CT molecular complexity index is 604. The molecule has 1 aliphatic carbocycles. The number of hydrogen-bond acceptors (Lipinski definition) is 3. The Morgan fingerprint density at radius 1 is 1.27 bits per heavy atom. The van der Waals surface area contributed by atoms with Gasteiger partial charge in [0, 0.05) is 12.6 Å². The average molecular weight is 359 g/mol. The van der Waals surface area contributed by atoms with Crippen LogP contribution in [-0.2, 0) is 22.0 Å². The van der Waals surface area contributed by atoms with E-state index in [0.717, 1.165) is 18.9 Å². The number of hydrogen-bond donors (Lipinski definition) is 2. The van der Waals surface area contributed by atoms with Crippen LogP contribution in [0.2, 0.25) is 0 Å². The molecular weight excluding hydrogens is 341 g/mol. The molecular formula is C13H18ClF3N2O2S. The number of rotatable bonds is 6. The molecule has 1 fully saturated rings. The van der Waals surface area contributed by atoms with Gasteiger partial charge in [-0.1, -0.05) is 18.2 Å². The molecule has 1 aromatic rings. The van der Waals surface area contributed by atoms with Crippen molar-refractivity contribution in [3.05, 3.63) is 35.4 Å². The highest BCUT2D eigenvalue weighted by Gasteiger charge is 2.36. The molecule has 0 aromatic heterocycles. The van der Waals surface area contributed by atoms with E-state index in [9.17, 15) is 21.6 Å². The summed E-state index contributed by atoms with van der Waals surface area (Å²) in [6.07, 6.45) is -2.79. The average Bonchev–Trinajstić information content (AvgIpc) is 3.19. The molecule has 0 amide bonds. The topological polar surface area (TPSA) is 72.2 Å². The van der Waals surface area contributed by atoms with Crippen LogP contribution >= 0.6 is 12.4 Å². The van der Waals surface area contributed by atoms with Crippen molar-refractivity contribution in [2.75, 3.05) is 6.54 Å². The maximum atomic E-state index is 12.9. The van der Waals surface area contributed by atoms with Crippen molar-refractivity contribution in [2.45, 2.75) is 30.8 Å². The van der Waals surface area contributed by atoms with Crippen molar-refractivity contribution in [3.8, 4) is 0 Å². The van der Waals surface area contributed by atoms with Gasteiger partial charge in [-0.3, -0.25) is 0 Å². The number of halogens is 4. The van der Waals surface area contributed by atoms with E-state index < -0.39 is 33.6 Å². The van der Waals surface area contributed by atoms with Crippen molar-refractivity contribution in [3.63, 3.8) is 0 Å². The van der Waals surface area contributed by atoms with Crippen LogP contribution in [0.15, 0.2) is 24.3 Å². The summed E-state index contributed by atoms with van der Waals surface area (Å²) < 4.78 is 65.1. The summed E-state index contributed by atoms with van der Waals surface area (Å²) in [5.74, 6) is -0.506. The molecule has 1 unspecified atom stereocenters. The van der Waals surface area contributed by atoms with Gasteiger partial charge in [-0.15, -0.1) is 12.4 Å². The number of nitrogens with two attached hydrogens (primary N) is 1. The standard InChI is InChI=1S/C13H17F3N2O2S.ClH/c14-13(15,16)11-4-2-1-3-10(11)8-21(19,20)18-12(7-17)9-5-6-9;/h1-4,9,12,18H,5-8,17H2;1H. The van der Waals surface area contributed by atoms with Crippen LogP contribution in [0.3, 0.4) is 0 Å². The molecule has 1 aromatic carbocycles. The first-order valence-corrected chi connectivity index (χ1v) is 8.23. The Kier molecular flexibility index (Phi) is 6.26. The molecule has 0 saturated heterocycles. The van der Waals surface area contributed by atoms with E-state index in [0.29, 0.717) is 0 Å². The Morgan fingerprint density at radius 2 is 1.86 bits per heavy atom. The summed E-state index contributed by atoms with van der Waals surface area (Å²) in [4.78, 5) is 0. The van der Waals surface area contributed by atoms with Gasteiger partial charge in [-0.2, -0.15) is 13.2 Å². The molecule has 0 heterocycles. The number of alkyl halides is 3. The fraction of sp³-hybridized carbons (Fsp3) is 0.538. The van der Waals surface area contributed by atoms with Gasteiger partial charge in [-0.05, 0) is 30.4 Å². The van der Waals surface area contributed by atoms with E-state index in [2.05, 4.69) is 4.72 Å². The first kappa shape index (κ1) is 19.2. The Balaban J connectivity index is 0.00000242. The molecule has 126 valence electrons. The maximum absolute atomic E-state index is 12.9. The van der Waals surface area contributed by atoms with Gasteiger partial charge >= 0.3 is 6.18 Å². The molecule has 0 aliphatic heterocycles.